The molecule has 2 amide bonds. The third kappa shape index (κ3) is 6.01. The molecule has 0 spiro atoms. The van der Waals surface area contributed by atoms with Gasteiger partial charge in [-0.1, -0.05) is 30.8 Å². The Balaban J connectivity index is 1.36. The highest BCUT2D eigenvalue weighted by Gasteiger charge is 2.33. The fraction of sp³-hybridized carbons (Fsp3) is 0.250. The summed E-state index contributed by atoms with van der Waals surface area (Å²) in [5.74, 6) is -2.70. The summed E-state index contributed by atoms with van der Waals surface area (Å²) in [6.45, 7) is 4.60. The minimum atomic E-state index is -5.09. The number of aromatic nitrogens is 4. The van der Waals surface area contributed by atoms with Crippen molar-refractivity contribution in [2.45, 2.75) is 31.8 Å². The number of anilines is 1. The van der Waals surface area contributed by atoms with Crippen LogP contribution in [-0.2, 0) is 11.3 Å². The van der Waals surface area contributed by atoms with E-state index in [1.165, 1.54) is 12.4 Å². The van der Waals surface area contributed by atoms with Crippen LogP contribution in [0.5, 0.6) is 5.75 Å². The van der Waals surface area contributed by atoms with Gasteiger partial charge in [-0.3, -0.25) is 9.59 Å². The Bertz CT molecular complexity index is 1650. The molecule has 0 bridgehead atoms. The molecule has 14 heteroatoms. The van der Waals surface area contributed by atoms with Crippen molar-refractivity contribution in [2.24, 2.45) is 0 Å². The number of nitrogens with zero attached hydrogens (tertiary/aromatic N) is 5. The average molecular weight is 584 g/mol. The number of nitrogens with one attached hydrogen (secondary N) is 1. The van der Waals surface area contributed by atoms with Crippen LogP contribution in [0.1, 0.15) is 34.8 Å². The van der Waals surface area contributed by atoms with E-state index in [0.717, 1.165) is 25.0 Å². The van der Waals surface area contributed by atoms with Crippen LogP contribution in [0.3, 0.4) is 0 Å². The molecule has 0 unspecified atom stereocenters. The Morgan fingerprint density at radius 1 is 1.17 bits per heavy atom. The molecule has 1 aliphatic rings. The fourth-order valence-electron chi connectivity index (χ4n) is 4.89. The van der Waals surface area contributed by atoms with Gasteiger partial charge in [0.2, 0.25) is 5.91 Å². The number of nitrogens with two attached hydrogens (primary N) is 1. The summed E-state index contributed by atoms with van der Waals surface area (Å²) in [6, 6.07) is 9.08. The standard InChI is InChI=1S/C28H25F4N7O3/c1-2-22(40)38-11-3-4-19(14-38)39-26-23(25(33)35-15-36-26)24(37-39)17-7-5-16(6-8-17)13-34-27(41)20-10-9-18(29)12-21(20)42-28(30,31)32/h2,5-10,12,15,19H,1,3-4,11,13-14H2,(H,34,41)(H2,33,35,36)/t19-/m1/s1. The number of piperidine rings is 1. The van der Waals surface area contributed by atoms with Gasteiger partial charge in [-0.25, -0.2) is 19.0 Å². The first-order valence-electron chi connectivity index (χ1n) is 12.9. The summed E-state index contributed by atoms with van der Waals surface area (Å²) < 4.78 is 57.2. The van der Waals surface area contributed by atoms with Gasteiger partial charge in [0, 0.05) is 31.3 Å². The SMILES string of the molecule is C=CC(=O)N1CCC[C@@H](n2nc(-c3ccc(CNC(=O)c4ccc(F)cc4OC(F)(F)F)cc3)c3c(N)ncnc32)C1. The van der Waals surface area contributed by atoms with Gasteiger partial charge < -0.3 is 20.7 Å². The predicted octanol–water partition coefficient (Wildman–Crippen LogP) is 4.39. The zero-order chi connectivity index (χ0) is 30.0. The molecule has 3 heterocycles. The summed E-state index contributed by atoms with van der Waals surface area (Å²) in [7, 11) is 0. The average Bonchev–Trinajstić information content (AvgIpc) is 3.36. The smallest absolute Gasteiger partial charge is 0.405 e. The van der Waals surface area contributed by atoms with Crippen molar-refractivity contribution < 1.29 is 31.9 Å². The lowest BCUT2D eigenvalue weighted by molar-refractivity contribution is -0.274. The van der Waals surface area contributed by atoms with Crippen LogP contribution in [0.25, 0.3) is 22.3 Å². The molecular formula is C28H25F4N7O3. The maximum absolute atomic E-state index is 13.5. The minimum absolute atomic E-state index is 0.0301. The highest BCUT2D eigenvalue weighted by atomic mass is 19.4. The highest BCUT2D eigenvalue weighted by Crippen LogP contribution is 2.34. The second-order valence-corrected chi connectivity index (χ2v) is 9.60. The molecule has 10 nitrogen and oxygen atoms in total. The normalized spacial score (nSPS) is 15.4. The number of hydrogen-bond donors (Lipinski definition) is 2. The number of alkyl halides is 3. The Hall–Kier alpha value is -5.01. The number of fused-ring (bicyclic) bond motifs is 1. The first kappa shape index (κ1) is 28.5. The molecule has 1 saturated heterocycles. The summed E-state index contributed by atoms with van der Waals surface area (Å²) in [5.41, 5.74) is 8.14. The number of amides is 2. The second-order valence-electron chi connectivity index (χ2n) is 9.60. The lowest BCUT2D eigenvalue weighted by Gasteiger charge is -2.32. The molecule has 5 rings (SSSR count). The zero-order valence-corrected chi connectivity index (χ0v) is 22.1. The quantitative estimate of drug-likeness (QED) is 0.244. The van der Waals surface area contributed by atoms with Crippen molar-refractivity contribution in [3.05, 3.63) is 78.4 Å². The van der Waals surface area contributed by atoms with E-state index in [4.69, 9.17) is 10.8 Å². The molecular weight excluding hydrogens is 558 g/mol. The molecule has 1 fully saturated rings. The van der Waals surface area contributed by atoms with E-state index in [-0.39, 0.29) is 24.3 Å². The monoisotopic (exact) mass is 583 g/mol. The van der Waals surface area contributed by atoms with Gasteiger partial charge in [-0.15, -0.1) is 13.2 Å². The van der Waals surface area contributed by atoms with Crippen LogP contribution in [0.15, 0.2) is 61.4 Å². The summed E-state index contributed by atoms with van der Waals surface area (Å²) >= 11 is 0. The van der Waals surface area contributed by atoms with Gasteiger partial charge in [-0.2, -0.15) is 5.10 Å². The number of rotatable bonds is 7. The number of benzene rings is 2. The lowest BCUT2D eigenvalue weighted by atomic mass is 10.1. The summed E-state index contributed by atoms with van der Waals surface area (Å²) in [4.78, 5) is 35.1. The van der Waals surface area contributed by atoms with Crippen LogP contribution in [0.4, 0.5) is 23.4 Å². The highest BCUT2D eigenvalue weighted by molar-refractivity contribution is 5.98. The number of hydrogen-bond acceptors (Lipinski definition) is 7. The third-order valence-electron chi connectivity index (χ3n) is 6.84. The fourth-order valence-corrected chi connectivity index (χ4v) is 4.89. The lowest BCUT2D eigenvalue weighted by Crippen LogP contribution is -2.40. The van der Waals surface area contributed by atoms with E-state index in [2.05, 4.69) is 26.6 Å². The first-order chi connectivity index (χ1) is 20.0. The van der Waals surface area contributed by atoms with Crippen molar-refractivity contribution in [3.8, 4) is 17.0 Å². The molecule has 1 atom stereocenters. The predicted molar refractivity (Wildman–Crippen MR) is 144 cm³/mol. The molecule has 0 radical (unpaired) electrons. The maximum Gasteiger partial charge on any atom is 0.573 e. The summed E-state index contributed by atoms with van der Waals surface area (Å²) in [5, 5.41) is 7.89. The number of likely N-dealkylation sites (tertiary alicyclic amines) is 1. The van der Waals surface area contributed by atoms with Gasteiger partial charge in [0.25, 0.3) is 5.91 Å². The van der Waals surface area contributed by atoms with Crippen LogP contribution in [0, 0.1) is 5.82 Å². The van der Waals surface area contributed by atoms with Crippen molar-refractivity contribution in [1.29, 1.82) is 0 Å². The Kier molecular flexibility index (Phi) is 7.79. The van der Waals surface area contributed by atoms with Crippen molar-refractivity contribution in [1.82, 2.24) is 30.0 Å². The molecule has 1 aliphatic heterocycles. The van der Waals surface area contributed by atoms with Gasteiger partial charge in [0.15, 0.2) is 5.65 Å². The van der Waals surface area contributed by atoms with Crippen molar-refractivity contribution >= 4 is 28.7 Å². The minimum Gasteiger partial charge on any atom is -0.405 e. The third-order valence-corrected chi connectivity index (χ3v) is 6.84. The second kappa shape index (κ2) is 11.5. The van der Waals surface area contributed by atoms with E-state index >= 15 is 0 Å². The van der Waals surface area contributed by atoms with Crippen LogP contribution >= 0.6 is 0 Å². The maximum atomic E-state index is 13.5. The number of ether oxygens (including phenoxy) is 1. The molecule has 2 aromatic heterocycles. The Morgan fingerprint density at radius 3 is 2.64 bits per heavy atom. The molecule has 42 heavy (non-hydrogen) atoms. The van der Waals surface area contributed by atoms with Gasteiger partial charge in [0.05, 0.1) is 17.0 Å². The zero-order valence-electron chi connectivity index (χ0n) is 22.1. The van der Waals surface area contributed by atoms with Crippen molar-refractivity contribution in [2.75, 3.05) is 18.8 Å². The van der Waals surface area contributed by atoms with E-state index < -0.39 is 29.4 Å². The first-order valence-corrected chi connectivity index (χ1v) is 12.9. The molecule has 218 valence electrons. The molecule has 4 aromatic rings. The van der Waals surface area contributed by atoms with E-state index in [9.17, 15) is 27.2 Å². The van der Waals surface area contributed by atoms with E-state index in [0.29, 0.717) is 47.0 Å². The van der Waals surface area contributed by atoms with Gasteiger partial charge >= 0.3 is 6.36 Å². The van der Waals surface area contributed by atoms with Crippen LogP contribution in [0.2, 0.25) is 0 Å². The van der Waals surface area contributed by atoms with Crippen molar-refractivity contribution in [3.63, 3.8) is 0 Å². The van der Waals surface area contributed by atoms with Crippen LogP contribution in [-0.4, -0.2) is 55.9 Å². The molecule has 0 aliphatic carbocycles. The van der Waals surface area contributed by atoms with Gasteiger partial charge in [0.1, 0.15) is 29.4 Å². The Morgan fingerprint density at radius 2 is 1.93 bits per heavy atom. The number of halogens is 4. The molecule has 2 aromatic carbocycles. The number of carbonyl (C=O) groups excluding carboxylic acids is 2. The molecule has 3 N–H and O–H groups in total. The van der Waals surface area contributed by atoms with Crippen LogP contribution < -0.4 is 15.8 Å². The Labute approximate surface area is 236 Å². The summed E-state index contributed by atoms with van der Waals surface area (Å²) in [6.07, 6.45) is -0.891. The topological polar surface area (TPSA) is 128 Å². The molecule has 0 saturated carbocycles. The number of carbonyl (C=O) groups is 2. The largest absolute Gasteiger partial charge is 0.573 e. The van der Waals surface area contributed by atoms with Gasteiger partial charge in [-0.05, 0) is 36.6 Å². The van der Waals surface area contributed by atoms with E-state index in [1.54, 1.807) is 33.8 Å². The number of nitrogen functional groups attached to an aromatic ring is 1. The van der Waals surface area contributed by atoms with E-state index in [1.807, 2.05) is 0 Å².